The van der Waals surface area contributed by atoms with Crippen LogP contribution in [-0.2, 0) is 0 Å². The van der Waals surface area contributed by atoms with Gasteiger partial charge in [-0.25, -0.2) is 0 Å². The zero-order chi connectivity index (χ0) is 9.26. The molecule has 0 unspecified atom stereocenters. The highest BCUT2D eigenvalue weighted by molar-refractivity contribution is 5.92. The number of pyridine rings is 1. The summed E-state index contributed by atoms with van der Waals surface area (Å²) in [6.07, 6.45) is 6.09. The molecule has 0 atom stereocenters. The zero-order valence-corrected chi connectivity index (χ0v) is 7.23. The summed E-state index contributed by atoms with van der Waals surface area (Å²) in [5, 5.41) is 0. The lowest BCUT2D eigenvalue weighted by Crippen LogP contribution is -2.15. The minimum atomic E-state index is -0.451. The van der Waals surface area contributed by atoms with Gasteiger partial charge in [0.1, 0.15) is 5.69 Å². The third kappa shape index (κ3) is 1.86. The highest BCUT2D eigenvalue weighted by Gasteiger charge is 2.24. The molecule has 13 heavy (non-hydrogen) atoms. The van der Waals surface area contributed by atoms with E-state index in [1.54, 1.807) is 6.20 Å². The maximum atomic E-state index is 11.0. The molecule has 3 nitrogen and oxygen atoms in total. The number of nitrogens with two attached hydrogens (primary N) is 1. The Morgan fingerprint density at radius 1 is 1.62 bits per heavy atom. The molecule has 0 aromatic carbocycles. The Hall–Kier alpha value is -1.38. The fourth-order valence-corrected chi connectivity index (χ4v) is 1.27. The van der Waals surface area contributed by atoms with Crippen molar-refractivity contribution in [3.8, 4) is 0 Å². The van der Waals surface area contributed by atoms with E-state index in [1.165, 1.54) is 12.8 Å². The molecule has 1 aliphatic rings. The number of carbonyl (C=O) groups is 1. The van der Waals surface area contributed by atoms with Gasteiger partial charge in [0.25, 0.3) is 5.91 Å². The highest BCUT2D eigenvalue weighted by atomic mass is 16.1. The Bertz CT molecular complexity index is 331. The van der Waals surface area contributed by atoms with Crippen LogP contribution in [0.2, 0.25) is 0 Å². The SMILES string of the molecule is NC(=O)c1ncccc1[CH]C1CC1. The molecule has 1 heterocycles. The quantitative estimate of drug-likeness (QED) is 0.749. The van der Waals surface area contributed by atoms with E-state index in [2.05, 4.69) is 11.4 Å². The third-order valence-electron chi connectivity index (χ3n) is 2.11. The first kappa shape index (κ1) is 8.23. The number of amides is 1. The van der Waals surface area contributed by atoms with E-state index in [1.807, 2.05) is 12.1 Å². The number of primary amides is 1. The summed E-state index contributed by atoms with van der Waals surface area (Å²) < 4.78 is 0. The third-order valence-corrected chi connectivity index (χ3v) is 2.11. The summed E-state index contributed by atoms with van der Waals surface area (Å²) >= 11 is 0. The molecule has 0 aliphatic heterocycles. The molecule has 1 radical (unpaired) electrons. The van der Waals surface area contributed by atoms with E-state index in [4.69, 9.17) is 5.73 Å². The molecular weight excluding hydrogens is 164 g/mol. The monoisotopic (exact) mass is 175 g/mol. The average Bonchev–Trinajstić information content (AvgIpc) is 2.89. The standard InChI is InChI=1S/C10H11N2O/c11-10(13)9-8(2-1-5-12-9)6-7-3-4-7/h1-2,5-7H,3-4H2,(H2,11,13). The Balaban J connectivity index is 2.25. The molecule has 0 spiro atoms. The van der Waals surface area contributed by atoms with Gasteiger partial charge in [0, 0.05) is 6.20 Å². The van der Waals surface area contributed by atoms with Gasteiger partial charge < -0.3 is 5.73 Å². The summed E-state index contributed by atoms with van der Waals surface area (Å²) in [7, 11) is 0. The molecule has 0 saturated heterocycles. The minimum absolute atomic E-state index is 0.384. The Morgan fingerprint density at radius 3 is 3.00 bits per heavy atom. The van der Waals surface area contributed by atoms with Crippen LogP contribution in [-0.4, -0.2) is 10.9 Å². The van der Waals surface area contributed by atoms with E-state index in [0.717, 1.165) is 5.56 Å². The molecule has 1 amide bonds. The summed E-state index contributed by atoms with van der Waals surface area (Å²) in [5.41, 5.74) is 6.45. The maximum Gasteiger partial charge on any atom is 0.267 e. The van der Waals surface area contributed by atoms with Gasteiger partial charge in [-0.1, -0.05) is 6.07 Å². The molecular formula is C10H11N2O. The summed E-state index contributed by atoms with van der Waals surface area (Å²) in [5.74, 6) is 0.176. The van der Waals surface area contributed by atoms with Gasteiger partial charge in [-0.2, -0.15) is 0 Å². The van der Waals surface area contributed by atoms with Gasteiger partial charge in [0.2, 0.25) is 0 Å². The van der Waals surface area contributed by atoms with Gasteiger partial charge in [0.05, 0.1) is 0 Å². The summed E-state index contributed by atoms with van der Waals surface area (Å²) in [6, 6.07) is 3.70. The average molecular weight is 175 g/mol. The molecule has 67 valence electrons. The zero-order valence-electron chi connectivity index (χ0n) is 7.23. The van der Waals surface area contributed by atoms with E-state index >= 15 is 0 Å². The van der Waals surface area contributed by atoms with E-state index in [0.29, 0.717) is 11.6 Å². The number of hydrogen-bond donors (Lipinski definition) is 1. The second kappa shape index (κ2) is 3.17. The van der Waals surface area contributed by atoms with Crippen LogP contribution in [0.15, 0.2) is 18.3 Å². The predicted molar refractivity (Wildman–Crippen MR) is 48.9 cm³/mol. The van der Waals surface area contributed by atoms with Crippen molar-refractivity contribution in [2.24, 2.45) is 11.7 Å². The number of hydrogen-bond acceptors (Lipinski definition) is 2. The molecule has 1 saturated carbocycles. The van der Waals surface area contributed by atoms with Crippen LogP contribution in [0, 0.1) is 12.3 Å². The fourth-order valence-electron chi connectivity index (χ4n) is 1.27. The second-order valence-electron chi connectivity index (χ2n) is 3.31. The molecule has 2 N–H and O–H groups in total. The van der Waals surface area contributed by atoms with Crippen molar-refractivity contribution in [1.29, 1.82) is 0 Å². The van der Waals surface area contributed by atoms with Gasteiger partial charge in [-0.15, -0.1) is 0 Å². The van der Waals surface area contributed by atoms with Gasteiger partial charge >= 0.3 is 0 Å². The topological polar surface area (TPSA) is 56.0 Å². The molecule has 1 fully saturated rings. The van der Waals surface area contributed by atoms with Crippen molar-refractivity contribution >= 4 is 5.91 Å². The molecule has 1 aromatic heterocycles. The maximum absolute atomic E-state index is 11.0. The normalized spacial score (nSPS) is 15.7. The van der Waals surface area contributed by atoms with Gasteiger partial charge in [-0.3, -0.25) is 9.78 Å². The van der Waals surface area contributed by atoms with Crippen molar-refractivity contribution in [1.82, 2.24) is 4.98 Å². The van der Waals surface area contributed by atoms with Crippen LogP contribution in [0.4, 0.5) is 0 Å². The Kier molecular flexibility index (Phi) is 2.00. The predicted octanol–water partition coefficient (Wildman–Crippen LogP) is 1.14. The van der Waals surface area contributed by atoms with Crippen molar-refractivity contribution in [3.63, 3.8) is 0 Å². The lowest BCUT2D eigenvalue weighted by atomic mass is 10.1. The summed E-state index contributed by atoms with van der Waals surface area (Å²) in [6.45, 7) is 0. The minimum Gasteiger partial charge on any atom is -0.364 e. The molecule has 3 heteroatoms. The number of carbonyl (C=O) groups excluding carboxylic acids is 1. The molecule has 2 rings (SSSR count). The van der Waals surface area contributed by atoms with E-state index in [9.17, 15) is 4.79 Å². The second-order valence-corrected chi connectivity index (χ2v) is 3.31. The Labute approximate surface area is 77.0 Å². The van der Waals surface area contributed by atoms with Crippen LogP contribution in [0.25, 0.3) is 0 Å². The van der Waals surface area contributed by atoms with E-state index in [-0.39, 0.29) is 0 Å². The van der Waals surface area contributed by atoms with Gasteiger partial charge in [-0.05, 0) is 36.8 Å². The van der Waals surface area contributed by atoms with Crippen LogP contribution in [0.3, 0.4) is 0 Å². The smallest absolute Gasteiger partial charge is 0.267 e. The largest absolute Gasteiger partial charge is 0.364 e. The van der Waals surface area contributed by atoms with Crippen LogP contribution in [0.5, 0.6) is 0 Å². The van der Waals surface area contributed by atoms with Crippen molar-refractivity contribution < 1.29 is 4.79 Å². The van der Waals surface area contributed by atoms with Crippen molar-refractivity contribution in [2.75, 3.05) is 0 Å². The van der Waals surface area contributed by atoms with Gasteiger partial charge in [0.15, 0.2) is 0 Å². The van der Waals surface area contributed by atoms with Crippen LogP contribution >= 0.6 is 0 Å². The first-order chi connectivity index (χ1) is 6.27. The molecule has 1 aliphatic carbocycles. The first-order valence-corrected chi connectivity index (χ1v) is 4.37. The number of rotatable bonds is 3. The Morgan fingerprint density at radius 2 is 2.38 bits per heavy atom. The van der Waals surface area contributed by atoms with Crippen molar-refractivity contribution in [2.45, 2.75) is 12.8 Å². The fraction of sp³-hybridized carbons (Fsp3) is 0.300. The number of nitrogens with zero attached hydrogens (tertiary/aromatic N) is 1. The summed E-state index contributed by atoms with van der Waals surface area (Å²) in [4.78, 5) is 14.9. The number of aromatic nitrogens is 1. The molecule has 1 aromatic rings. The first-order valence-electron chi connectivity index (χ1n) is 4.37. The van der Waals surface area contributed by atoms with Crippen LogP contribution < -0.4 is 5.73 Å². The van der Waals surface area contributed by atoms with Crippen LogP contribution in [0.1, 0.15) is 28.9 Å². The van der Waals surface area contributed by atoms with E-state index < -0.39 is 5.91 Å². The lowest BCUT2D eigenvalue weighted by molar-refractivity contribution is 0.0995. The lowest BCUT2D eigenvalue weighted by Gasteiger charge is -2.02. The highest BCUT2D eigenvalue weighted by Crippen LogP contribution is 2.34. The van der Waals surface area contributed by atoms with Crippen molar-refractivity contribution in [3.05, 3.63) is 36.0 Å². The molecule has 0 bridgehead atoms.